The Morgan fingerprint density at radius 3 is 2.90 bits per heavy atom. The fraction of sp³-hybridized carbons (Fsp3) is 0.409. The molecule has 1 aromatic carbocycles. The minimum Gasteiger partial charge on any atom is -0.405 e. The maximum atomic E-state index is 13.0. The molecule has 0 spiro atoms. The molecule has 1 saturated heterocycles. The molecule has 152 valence electrons. The van der Waals surface area contributed by atoms with E-state index in [-0.39, 0.29) is 30.2 Å². The summed E-state index contributed by atoms with van der Waals surface area (Å²) in [4.78, 5) is 27.0. The zero-order chi connectivity index (χ0) is 21.0. The van der Waals surface area contributed by atoms with E-state index in [4.69, 9.17) is 5.73 Å². The fourth-order valence-electron chi connectivity index (χ4n) is 3.90. The second-order valence-electron chi connectivity index (χ2n) is 7.68. The van der Waals surface area contributed by atoms with Crippen LogP contribution >= 0.6 is 15.9 Å². The monoisotopic (exact) mass is 456 g/mol. The van der Waals surface area contributed by atoms with Crippen molar-refractivity contribution in [2.45, 2.75) is 38.6 Å². The molecule has 1 saturated carbocycles. The predicted molar refractivity (Wildman–Crippen MR) is 114 cm³/mol. The van der Waals surface area contributed by atoms with Crippen molar-refractivity contribution in [2.24, 2.45) is 17.1 Å². The van der Waals surface area contributed by atoms with E-state index >= 15 is 0 Å². The summed E-state index contributed by atoms with van der Waals surface area (Å²) in [5.74, 6) is -0.102. The van der Waals surface area contributed by atoms with Gasteiger partial charge in [0.15, 0.2) is 0 Å². The van der Waals surface area contributed by atoms with Crippen molar-refractivity contribution in [3.05, 3.63) is 58.4 Å². The largest absolute Gasteiger partial charge is 0.405 e. The number of hydrogen-bond acceptors (Lipinski definition) is 4. The minimum atomic E-state index is -0.908. The Labute approximate surface area is 179 Å². The number of hydrogen-bond donors (Lipinski definition) is 2. The van der Waals surface area contributed by atoms with E-state index in [9.17, 15) is 14.9 Å². The van der Waals surface area contributed by atoms with Gasteiger partial charge in [-0.25, -0.2) is 0 Å². The third-order valence-corrected chi connectivity index (χ3v) is 5.97. The smallest absolute Gasteiger partial charge is 0.247 e. The van der Waals surface area contributed by atoms with Crippen molar-refractivity contribution in [2.75, 3.05) is 6.54 Å². The van der Waals surface area contributed by atoms with Crippen LogP contribution in [0.15, 0.2) is 52.8 Å². The topological polar surface area (TPSA) is 99.2 Å². The van der Waals surface area contributed by atoms with Gasteiger partial charge in [0.25, 0.3) is 0 Å². The normalized spacial score (nSPS) is 23.3. The van der Waals surface area contributed by atoms with Crippen molar-refractivity contribution in [1.29, 1.82) is 5.26 Å². The molecule has 29 heavy (non-hydrogen) atoms. The number of halogens is 1. The molecule has 7 heteroatoms. The van der Waals surface area contributed by atoms with Gasteiger partial charge in [0.05, 0.1) is 12.5 Å². The molecule has 1 aromatic rings. The van der Waals surface area contributed by atoms with Gasteiger partial charge in [-0.05, 0) is 68.2 Å². The lowest BCUT2D eigenvalue weighted by atomic mass is 9.83. The first-order chi connectivity index (χ1) is 13.9. The van der Waals surface area contributed by atoms with E-state index in [2.05, 4.69) is 27.3 Å². The number of allylic oxidation sites excluding steroid dienone is 1. The molecule has 2 amide bonds. The molecule has 1 heterocycles. The van der Waals surface area contributed by atoms with Crippen molar-refractivity contribution in [3.63, 3.8) is 0 Å². The van der Waals surface area contributed by atoms with Crippen LogP contribution in [0.25, 0.3) is 0 Å². The summed E-state index contributed by atoms with van der Waals surface area (Å²) in [6.07, 6.45) is 7.49. The Hall–Kier alpha value is -2.59. The molecule has 1 unspecified atom stereocenters. The van der Waals surface area contributed by atoms with Gasteiger partial charge in [-0.1, -0.05) is 28.1 Å². The Kier molecular flexibility index (Phi) is 6.43. The van der Waals surface area contributed by atoms with Crippen LogP contribution in [0.1, 0.15) is 31.7 Å². The minimum absolute atomic E-state index is 0.111. The van der Waals surface area contributed by atoms with Gasteiger partial charge in [-0.2, -0.15) is 5.26 Å². The third kappa shape index (κ3) is 4.70. The number of carbonyl (C=O) groups is 2. The summed E-state index contributed by atoms with van der Waals surface area (Å²) < 4.78 is 0.926. The molecule has 0 radical (unpaired) electrons. The van der Waals surface area contributed by atoms with Gasteiger partial charge in [-0.15, -0.1) is 0 Å². The molecule has 0 aromatic heterocycles. The van der Waals surface area contributed by atoms with Gasteiger partial charge in [0.2, 0.25) is 11.8 Å². The number of amides is 2. The molecular formula is C22H25BrN4O2. The van der Waals surface area contributed by atoms with Crippen LogP contribution in [0.4, 0.5) is 0 Å². The Bertz CT molecular complexity index is 900. The van der Waals surface area contributed by atoms with E-state index in [1.54, 1.807) is 17.1 Å². The highest BCUT2D eigenvalue weighted by Crippen LogP contribution is 2.51. The third-order valence-electron chi connectivity index (χ3n) is 5.47. The van der Waals surface area contributed by atoms with Crippen molar-refractivity contribution >= 4 is 27.7 Å². The van der Waals surface area contributed by atoms with Gasteiger partial charge < -0.3 is 16.0 Å². The fourth-order valence-corrected chi connectivity index (χ4v) is 4.35. The first-order valence-electron chi connectivity index (χ1n) is 9.76. The number of nitriles is 1. The summed E-state index contributed by atoms with van der Waals surface area (Å²) in [6.45, 7) is 2.33. The molecular weight excluding hydrogens is 432 g/mol. The van der Waals surface area contributed by atoms with Crippen LogP contribution in [-0.2, 0) is 16.0 Å². The van der Waals surface area contributed by atoms with Gasteiger partial charge in [-0.3, -0.25) is 9.59 Å². The Balaban J connectivity index is 1.69. The van der Waals surface area contributed by atoms with Crippen LogP contribution in [0.5, 0.6) is 0 Å². The van der Waals surface area contributed by atoms with Crippen molar-refractivity contribution in [3.8, 4) is 6.07 Å². The maximum absolute atomic E-state index is 13.0. The highest BCUT2D eigenvalue weighted by molar-refractivity contribution is 9.10. The number of nitrogens with zero attached hydrogens (tertiary/aromatic N) is 2. The first-order valence-corrected chi connectivity index (χ1v) is 10.6. The van der Waals surface area contributed by atoms with E-state index in [0.717, 1.165) is 22.9 Å². The van der Waals surface area contributed by atoms with Crippen LogP contribution in [-0.4, -0.2) is 29.3 Å². The Morgan fingerprint density at radius 1 is 1.52 bits per heavy atom. The van der Waals surface area contributed by atoms with Gasteiger partial charge in [0.1, 0.15) is 5.41 Å². The highest BCUT2D eigenvalue weighted by atomic mass is 79.9. The average molecular weight is 457 g/mol. The van der Waals surface area contributed by atoms with Crippen molar-refractivity contribution in [1.82, 2.24) is 10.2 Å². The predicted octanol–water partition coefficient (Wildman–Crippen LogP) is 3.00. The molecule has 2 fully saturated rings. The lowest BCUT2D eigenvalue weighted by molar-refractivity contribution is -0.132. The molecule has 3 rings (SSSR count). The lowest BCUT2D eigenvalue weighted by Gasteiger charge is -2.23. The van der Waals surface area contributed by atoms with Crippen LogP contribution in [0.3, 0.4) is 0 Å². The second-order valence-corrected chi connectivity index (χ2v) is 8.59. The molecule has 2 aliphatic rings. The first kappa shape index (κ1) is 21.1. The molecule has 3 N–H and O–H groups in total. The van der Waals surface area contributed by atoms with Crippen LogP contribution < -0.4 is 11.1 Å². The number of benzene rings is 1. The van der Waals surface area contributed by atoms with E-state index < -0.39 is 5.41 Å². The standard InChI is InChI=1S/C22H25BrN4O2/c1-15(26-20(28)13-16-3-2-4-18(23)12-16)11-19(7-9-24)27-10-8-22(14-25,21(27)29)17-5-6-17/h2-4,7,9,11-12,15,17H,5-6,8,10,13,24H2,1H3,(H,26,28)/b9-7-,19-11+/t15?,22-/m1/s1. The zero-order valence-electron chi connectivity index (χ0n) is 16.4. The number of nitrogens with one attached hydrogen (secondary N) is 1. The summed E-state index contributed by atoms with van der Waals surface area (Å²) in [5.41, 5.74) is 6.21. The van der Waals surface area contributed by atoms with E-state index in [1.807, 2.05) is 31.2 Å². The zero-order valence-corrected chi connectivity index (χ0v) is 18.0. The summed E-state index contributed by atoms with van der Waals surface area (Å²) in [7, 11) is 0. The highest BCUT2D eigenvalue weighted by Gasteiger charge is 2.56. The molecule has 0 bridgehead atoms. The molecule has 2 atom stereocenters. The van der Waals surface area contributed by atoms with Crippen LogP contribution in [0, 0.1) is 22.7 Å². The van der Waals surface area contributed by atoms with E-state index in [1.165, 1.54) is 6.20 Å². The van der Waals surface area contributed by atoms with Gasteiger partial charge in [0, 0.05) is 22.8 Å². The number of carbonyl (C=O) groups excluding carboxylic acids is 2. The number of likely N-dealkylation sites (tertiary alicyclic amines) is 1. The lowest BCUT2D eigenvalue weighted by Crippen LogP contribution is -2.36. The molecule has 6 nitrogen and oxygen atoms in total. The summed E-state index contributed by atoms with van der Waals surface area (Å²) >= 11 is 3.40. The SMILES string of the molecule is CC(/C=C(\C=C/N)N1CC[C@@](C#N)(C2CC2)C1=O)NC(=O)Cc1cccc(Br)c1. The van der Waals surface area contributed by atoms with Crippen LogP contribution in [0.2, 0.25) is 0 Å². The van der Waals surface area contributed by atoms with Gasteiger partial charge >= 0.3 is 0 Å². The average Bonchev–Trinajstić information content (AvgIpc) is 3.45. The number of nitrogens with two attached hydrogens (primary N) is 1. The van der Waals surface area contributed by atoms with E-state index in [0.29, 0.717) is 18.7 Å². The maximum Gasteiger partial charge on any atom is 0.247 e. The van der Waals surface area contributed by atoms with Crippen molar-refractivity contribution < 1.29 is 9.59 Å². The molecule has 1 aliphatic carbocycles. The second kappa shape index (κ2) is 8.83. The molecule has 1 aliphatic heterocycles. The Morgan fingerprint density at radius 2 is 2.28 bits per heavy atom. The summed E-state index contributed by atoms with van der Waals surface area (Å²) in [5, 5.41) is 12.6. The summed E-state index contributed by atoms with van der Waals surface area (Å²) in [6, 6.07) is 9.59. The number of rotatable bonds is 7. The quantitative estimate of drug-likeness (QED) is 0.615.